The summed E-state index contributed by atoms with van der Waals surface area (Å²) in [5.74, 6) is 0.662. The van der Waals surface area contributed by atoms with E-state index < -0.39 is 0 Å². The lowest BCUT2D eigenvalue weighted by atomic mass is 9.96. The molecule has 7 nitrogen and oxygen atoms in total. The highest BCUT2D eigenvalue weighted by Gasteiger charge is 2.26. The number of rotatable bonds is 4. The van der Waals surface area contributed by atoms with Crippen molar-refractivity contribution in [3.63, 3.8) is 0 Å². The maximum absolute atomic E-state index is 12.7. The summed E-state index contributed by atoms with van der Waals surface area (Å²) in [5.41, 5.74) is 0.580. The molecule has 2 fully saturated rings. The van der Waals surface area contributed by atoms with Gasteiger partial charge in [-0.2, -0.15) is 10.2 Å². The van der Waals surface area contributed by atoms with Crippen molar-refractivity contribution in [3.8, 4) is 0 Å². The molecule has 2 aromatic heterocycles. The van der Waals surface area contributed by atoms with Crippen molar-refractivity contribution in [2.75, 3.05) is 26.2 Å². The van der Waals surface area contributed by atoms with E-state index in [-0.39, 0.29) is 5.91 Å². The third-order valence-electron chi connectivity index (χ3n) is 5.38. The van der Waals surface area contributed by atoms with Crippen molar-refractivity contribution in [3.05, 3.63) is 36.4 Å². The fourth-order valence-electron chi connectivity index (χ4n) is 3.87. The smallest absolute Gasteiger partial charge is 0.274 e. The molecule has 2 aliphatic rings. The average molecular weight is 342 g/mol. The zero-order valence-electron chi connectivity index (χ0n) is 14.5. The maximum Gasteiger partial charge on any atom is 0.274 e. The Hall–Kier alpha value is -2.15. The first-order valence-electron chi connectivity index (χ1n) is 9.32. The summed E-state index contributed by atoms with van der Waals surface area (Å²) >= 11 is 0. The SMILES string of the molecule is O=C(c1ccn(C2CCCNC2)n1)N1CCC(Cn2cccn2)CC1. The molecule has 1 amide bonds. The zero-order chi connectivity index (χ0) is 17.1. The van der Waals surface area contributed by atoms with E-state index in [9.17, 15) is 4.79 Å². The quantitative estimate of drug-likeness (QED) is 0.915. The summed E-state index contributed by atoms with van der Waals surface area (Å²) in [7, 11) is 0. The molecule has 4 heterocycles. The Labute approximate surface area is 148 Å². The fraction of sp³-hybridized carbons (Fsp3) is 0.611. The van der Waals surface area contributed by atoms with E-state index in [2.05, 4.69) is 15.5 Å². The molecule has 1 N–H and O–H groups in total. The molecule has 0 aromatic carbocycles. The van der Waals surface area contributed by atoms with Crippen molar-refractivity contribution >= 4 is 5.91 Å². The molecule has 0 aliphatic carbocycles. The number of nitrogens with one attached hydrogen (secondary N) is 1. The number of likely N-dealkylation sites (tertiary alicyclic amines) is 1. The summed E-state index contributed by atoms with van der Waals surface area (Å²) in [5, 5.41) is 12.2. The van der Waals surface area contributed by atoms with Gasteiger partial charge < -0.3 is 10.2 Å². The van der Waals surface area contributed by atoms with Gasteiger partial charge >= 0.3 is 0 Å². The molecule has 0 radical (unpaired) electrons. The van der Waals surface area contributed by atoms with Crippen LogP contribution in [0.15, 0.2) is 30.7 Å². The van der Waals surface area contributed by atoms with Gasteiger partial charge in [0, 0.05) is 44.8 Å². The van der Waals surface area contributed by atoms with Crippen LogP contribution in [0.5, 0.6) is 0 Å². The van der Waals surface area contributed by atoms with Crippen LogP contribution in [0.3, 0.4) is 0 Å². The molecular formula is C18H26N6O. The van der Waals surface area contributed by atoms with Gasteiger partial charge in [0.05, 0.1) is 6.04 Å². The Morgan fingerprint density at radius 2 is 2.12 bits per heavy atom. The first-order valence-corrected chi connectivity index (χ1v) is 9.32. The standard InChI is InChI=1S/C18H26N6O/c25-18(17-6-12-24(21-17)16-3-1-7-19-13-16)22-10-4-15(5-11-22)14-23-9-2-8-20-23/h2,6,8-9,12,15-16,19H,1,3-5,7,10-11,13-14H2. The van der Waals surface area contributed by atoms with Gasteiger partial charge in [-0.05, 0) is 50.3 Å². The Morgan fingerprint density at radius 1 is 1.24 bits per heavy atom. The summed E-state index contributed by atoms with van der Waals surface area (Å²) in [6, 6.07) is 4.19. The van der Waals surface area contributed by atoms with Gasteiger partial charge in [0.1, 0.15) is 5.69 Å². The van der Waals surface area contributed by atoms with Crippen LogP contribution in [0.25, 0.3) is 0 Å². The lowest BCUT2D eigenvalue weighted by Crippen LogP contribution is -2.39. The first-order chi connectivity index (χ1) is 12.3. The summed E-state index contributed by atoms with van der Waals surface area (Å²) in [4.78, 5) is 14.7. The number of carbonyl (C=O) groups is 1. The predicted octanol–water partition coefficient (Wildman–Crippen LogP) is 1.56. The topological polar surface area (TPSA) is 68.0 Å². The van der Waals surface area contributed by atoms with E-state index in [1.165, 1.54) is 0 Å². The van der Waals surface area contributed by atoms with Crippen molar-refractivity contribution in [2.24, 2.45) is 5.92 Å². The number of nitrogens with zero attached hydrogens (tertiary/aromatic N) is 5. The zero-order valence-corrected chi connectivity index (χ0v) is 14.5. The van der Waals surface area contributed by atoms with Crippen molar-refractivity contribution in [1.29, 1.82) is 0 Å². The molecule has 0 spiro atoms. The molecule has 7 heteroatoms. The molecule has 0 saturated carbocycles. The second kappa shape index (κ2) is 7.39. The van der Waals surface area contributed by atoms with E-state index >= 15 is 0 Å². The highest BCUT2D eigenvalue weighted by atomic mass is 16.2. The van der Waals surface area contributed by atoms with Crippen molar-refractivity contribution < 1.29 is 4.79 Å². The van der Waals surface area contributed by atoms with Crippen molar-refractivity contribution in [1.82, 2.24) is 29.8 Å². The van der Waals surface area contributed by atoms with Gasteiger partial charge in [0.25, 0.3) is 5.91 Å². The van der Waals surface area contributed by atoms with Crippen LogP contribution in [0.2, 0.25) is 0 Å². The van der Waals surface area contributed by atoms with E-state index in [0.717, 1.165) is 58.4 Å². The molecule has 2 saturated heterocycles. The highest BCUT2D eigenvalue weighted by molar-refractivity contribution is 5.92. The number of aromatic nitrogens is 4. The Morgan fingerprint density at radius 3 is 2.84 bits per heavy atom. The predicted molar refractivity (Wildman–Crippen MR) is 94.2 cm³/mol. The minimum absolute atomic E-state index is 0.0695. The van der Waals surface area contributed by atoms with E-state index in [1.807, 2.05) is 45.0 Å². The second-order valence-electron chi connectivity index (χ2n) is 7.14. The third kappa shape index (κ3) is 3.76. The molecular weight excluding hydrogens is 316 g/mol. The number of hydrogen-bond acceptors (Lipinski definition) is 4. The summed E-state index contributed by atoms with van der Waals surface area (Å²) in [6.07, 6.45) is 10.1. The Bertz CT molecular complexity index is 680. The van der Waals surface area contributed by atoms with Crippen molar-refractivity contribution in [2.45, 2.75) is 38.3 Å². The van der Waals surface area contributed by atoms with Crippen LogP contribution in [0.4, 0.5) is 0 Å². The first kappa shape index (κ1) is 16.3. The highest BCUT2D eigenvalue weighted by Crippen LogP contribution is 2.21. The second-order valence-corrected chi connectivity index (χ2v) is 7.14. The van der Waals surface area contributed by atoms with Gasteiger partial charge in [0.2, 0.25) is 0 Å². The minimum atomic E-state index is 0.0695. The van der Waals surface area contributed by atoms with Gasteiger partial charge in [-0.15, -0.1) is 0 Å². The molecule has 25 heavy (non-hydrogen) atoms. The fourth-order valence-corrected chi connectivity index (χ4v) is 3.87. The van der Waals surface area contributed by atoms with Crippen LogP contribution in [-0.4, -0.2) is 56.5 Å². The minimum Gasteiger partial charge on any atom is -0.337 e. The number of hydrogen-bond donors (Lipinski definition) is 1. The maximum atomic E-state index is 12.7. The summed E-state index contributed by atoms with van der Waals surface area (Å²) < 4.78 is 3.95. The lowest BCUT2D eigenvalue weighted by molar-refractivity contribution is 0.0674. The number of piperidine rings is 2. The van der Waals surface area contributed by atoms with Crippen LogP contribution in [0.1, 0.15) is 42.2 Å². The van der Waals surface area contributed by atoms with Crippen LogP contribution in [-0.2, 0) is 6.54 Å². The van der Waals surface area contributed by atoms with Gasteiger partial charge in [0.15, 0.2) is 0 Å². The number of amides is 1. The Kier molecular flexibility index (Phi) is 4.83. The van der Waals surface area contributed by atoms with Gasteiger partial charge in [-0.25, -0.2) is 0 Å². The molecule has 1 unspecified atom stereocenters. The van der Waals surface area contributed by atoms with Crippen LogP contribution >= 0.6 is 0 Å². The largest absolute Gasteiger partial charge is 0.337 e. The van der Waals surface area contributed by atoms with E-state index in [0.29, 0.717) is 17.7 Å². The van der Waals surface area contributed by atoms with Gasteiger partial charge in [-0.3, -0.25) is 14.2 Å². The van der Waals surface area contributed by atoms with E-state index in [4.69, 9.17) is 0 Å². The monoisotopic (exact) mass is 342 g/mol. The lowest BCUT2D eigenvalue weighted by Gasteiger charge is -2.31. The molecule has 4 rings (SSSR count). The molecule has 2 aliphatic heterocycles. The molecule has 2 aromatic rings. The number of carbonyl (C=O) groups excluding carboxylic acids is 1. The molecule has 0 bridgehead atoms. The van der Waals surface area contributed by atoms with E-state index in [1.54, 1.807) is 0 Å². The van der Waals surface area contributed by atoms with Crippen LogP contribution < -0.4 is 5.32 Å². The average Bonchev–Trinajstić information content (AvgIpc) is 3.34. The molecule has 134 valence electrons. The van der Waals surface area contributed by atoms with Crippen LogP contribution in [0, 0.1) is 5.92 Å². The third-order valence-corrected chi connectivity index (χ3v) is 5.38. The van der Waals surface area contributed by atoms with Gasteiger partial charge in [-0.1, -0.05) is 0 Å². The normalized spacial score (nSPS) is 22.2. The molecule has 1 atom stereocenters. The summed E-state index contributed by atoms with van der Waals surface area (Å²) in [6.45, 7) is 4.58. The Balaban J connectivity index is 1.32.